The fourth-order valence-corrected chi connectivity index (χ4v) is 6.26. The molecule has 39 heavy (non-hydrogen) atoms. The normalized spacial score (nSPS) is 11.4. The van der Waals surface area contributed by atoms with E-state index in [0.29, 0.717) is 11.5 Å². The first-order valence-corrected chi connectivity index (χ1v) is 13.1. The van der Waals surface area contributed by atoms with E-state index in [4.69, 9.17) is 9.72 Å². The van der Waals surface area contributed by atoms with Crippen LogP contribution in [0.3, 0.4) is 0 Å². The van der Waals surface area contributed by atoms with Crippen molar-refractivity contribution in [2.75, 3.05) is 0 Å². The van der Waals surface area contributed by atoms with Gasteiger partial charge >= 0.3 is 21.1 Å². The smallest absolute Gasteiger partial charge is 0.509 e. The fourth-order valence-electron chi connectivity index (χ4n) is 5.15. The Morgan fingerprint density at radius 3 is 2.44 bits per heavy atom. The number of pyridine rings is 1. The molecule has 0 bridgehead atoms. The maximum Gasteiger partial charge on any atom is 2.00 e. The molecular formula is C32H18N4OPtS. The van der Waals surface area contributed by atoms with Gasteiger partial charge in [0.15, 0.2) is 0 Å². The molecule has 7 heteroatoms. The molecule has 0 fully saturated rings. The largest absolute Gasteiger partial charge is 2.00 e. The minimum atomic E-state index is 0. The van der Waals surface area contributed by atoms with Crippen molar-refractivity contribution in [2.24, 2.45) is 0 Å². The molecule has 8 rings (SSSR count). The molecule has 0 aliphatic carbocycles. The third-order valence-corrected chi connectivity index (χ3v) is 7.89. The molecule has 0 radical (unpaired) electrons. The van der Waals surface area contributed by atoms with Gasteiger partial charge in [0, 0.05) is 50.3 Å². The molecule has 0 N–H and O–H groups in total. The van der Waals surface area contributed by atoms with Crippen LogP contribution in [0.15, 0.2) is 110 Å². The summed E-state index contributed by atoms with van der Waals surface area (Å²) in [6.07, 6.45) is 5.45. The van der Waals surface area contributed by atoms with Gasteiger partial charge in [-0.3, -0.25) is 4.68 Å². The first-order chi connectivity index (χ1) is 18.8. The Balaban J connectivity index is 0.00000253. The van der Waals surface area contributed by atoms with Gasteiger partial charge in [0.1, 0.15) is 5.82 Å². The van der Waals surface area contributed by atoms with Gasteiger partial charge in [-0.05, 0) is 41.4 Å². The monoisotopic (exact) mass is 701 g/mol. The third-order valence-electron chi connectivity index (χ3n) is 6.75. The summed E-state index contributed by atoms with van der Waals surface area (Å²) in [5.41, 5.74) is 2.86. The maximum atomic E-state index is 6.27. The van der Waals surface area contributed by atoms with Gasteiger partial charge in [-0.2, -0.15) is 17.2 Å². The van der Waals surface area contributed by atoms with Crippen LogP contribution in [0.5, 0.6) is 11.5 Å². The summed E-state index contributed by atoms with van der Waals surface area (Å²) in [7, 11) is 0. The Kier molecular flexibility index (Phi) is 5.80. The molecular weight excluding hydrogens is 684 g/mol. The number of rotatable bonds is 4. The standard InChI is InChI=1S/C32H18N4OS.Pt/c1-2-10-28-26(9-1)31-29(38-28)15-14-25-24-13-12-23(20-27(24)36(32(25)31)30-11-3-4-16-33-30)37-22-8-5-7-21(19-22)35-18-6-17-34-35;/h1-18H;/q-2;+2. The summed E-state index contributed by atoms with van der Waals surface area (Å²) < 4.78 is 12.8. The zero-order valence-electron chi connectivity index (χ0n) is 20.3. The number of fused-ring (bicyclic) bond motifs is 7. The zero-order valence-corrected chi connectivity index (χ0v) is 23.4. The van der Waals surface area contributed by atoms with Crippen LogP contribution in [-0.4, -0.2) is 19.3 Å². The van der Waals surface area contributed by atoms with Crippen molar-refractivity contribution < 1.29 is 25.8 Å². The van der Waals surface area contributed by atoms with Crippen LogP contribution >= 0.6 is 11.3 Å². The van der Waals surface area contributed by atoms with E-state index < -0.39 is 0 Å². The Hall–Kier alpha value is -4.25. The number of nitrogens with zero attached hydrogens (tertiary/aromatic N) is 4. The minimum absolute atomic E-state index is 0. The predicted octanol–water partition coefficient (Wildman–Crippen LogP) is 8.12. The Morgan fingerprint density at radius 2 is 1.56 bits per heavy atom. The molecule has 8 aromatic rings. The van der Waals surface area contributed by atoms with E-state index in [2.05, 4.69) is 64.3 Å². The minimum Gasteiger partial charge on any atom is -0.509 e. The Bertz CT molecular complexity index is 2110. The Morgan fingerprint density at radius 1 is 0.692 bits per heavy atom. The van der Waals surface area contributed by atoms with Crippen LogP contribution in [0.25, 0.3) is 53.5 Å². The molecule has 0 aliphatic rings. The van der Waals surface area contributed by atoms with Crippen molar-refractivity contribution >= 4 is 53.3 Å². The molecule has 188 valence electrons. The van der Waals surface area contributed by atoms with E-state index in [1.807, 2.05) is 72.3 Å². The number of aromatic nitrogens is 4. The zero-order chi connectivity index (χ0) is 25.1. The number of benzene rings is 4. The molecule has 4 aromatic carbocycles. The van der Waals surface area contributed by atoms with Crippen LogP contribution in [0.4, 0.5) is 0 Å². The summed E-state index contributed by atoms with van der Waals surface area (Å²) in [4.78, 5) is 4.74. The van der Waals surface area contributed by atoms with E-state index in [-0.39, 0.29) is 21.1 Å². The van der Waals surface area contributed by atoms with E-state index in [1.54, 1.807) is 10.9 Å². The summed E-state index contributed by atoms with van der Waals surface area (Å²) in [5.74, 6) is 2.05. The third kappa shape index (κ3) is 3.87. The SMILES string of the molecule is [Pt+2].[c-]1c(Oc2[c-]c3c(cc2)c2ccc4sc5ccccc5c4c2n3-c2ccccn2)cccc1-n1cccn1. The van der Waals surface area contributed by atoms with Crippen molar-refractivity contribution in [3.63, 3.8) is 0 Å². The molecule has 5 nitrogen and oxygen atoms in total. The summed E-state index contributed by atoms with van der Waals surface area (Å²) in [5, 5.41) is 9.05. The second-order valence-electron chi connectivity index (χ2n) is 8.99. The molecule has 0 saturated heterocycles. The molecule has 0 aliphatic heterocycles. The molecule has 4 heterocycles. The maximum absolute atomic E-state index is 6.27. The molecule has 0 saturated carbocycles. The van der Waals surface area contributed by atoms with Crippen LogP contribution in [0.1, 0.15) is 0 Å². The van der Waals surface area contributed by atoms with Crippen molar-refractivity contribution in [1.82, 2.24) is 19.3 Å². The van der Waals surface area contributed by atoms with Gasteiger partial charge in [0.2, 0.25) is 0 Å². The summed E-state index contributed by atoms with van der Waals surface area (Å²) >= 11 is 1.82. The molecule has 0 spiro atoms. The van der Waals surface area contributed by atoms with Gasteiger partial charge in [-0.25, -0.2) is 4.98 Å². The van der Waals surface area contributed by atoms with Gasteiger partial charge in [-0.15, -0.1) is 47.1 Å². The Labute approximate surface area is 242 Å². The first kappa shape index (κ1) is 23.8. The number of ether oxygens (including phenoxy) is 1. The topological polar surface area (TPSA) is 44.9 Å². The molecule has 4 aromatic heterocycles. The molecule has 0 unspecified atom stereocenters. The van der Waals surface area contributed by atoms with Gasteiger partial charge in [0.05, 0.1) is 5.52 Å². The first-order valence-electron chi connectivity index (χ1n) is 12.3. The molecule has 0 atom stereocenters. The van der Waals surface area contributed by atoms with Crippen molar-refractivity contribution in [2.45, 2.75) is 0 Å². The van der Waals surface area contributed by atoms with E-state index >= 15 is 0 Å². The van der Waals surface area contributed by atoms with Crippen molar-refractivity contribution in [3.05, 3.63) is 122 Å². The number of thiophene rings is 1. The summed E-state index contributed by atoms with van der Waals surface area (Å²) in [6, 6.07) is 37.6. The van der Waals surface area contributed by atoms with E-state index in [1.165, 1.54) is 20.2 Å². The number of hydrogen-bond donors (Lipinski definition) is 0. The quantitative estimate of drug-likeness (QED) is 0.174. The van der Waals surface area contributed by atoms with Crippen LogP contribution in [-0.2, 0) is 21.1 Å². The average molecular weight is 702 g/mol. The van der Waals surface area contributed by atoms with Gasteiger partial charge < -0.3 is 9.30 Å². The second kappa shape index (κ2) is 9.49. The van der Waals surface area contributed by atoms with Crippen LogP contribution in [0.2, 0.25) is 0 Å². The van der Waals surface area contributed by atoms with Crippen LogP contribution in [0, 0.1) is 12.1 Å². The van der Waals surface area contributed by atoms with E-state index in [9.17, 15) is 0 Å². The second-order valence-corrected chi connectivity index (χ2v) is 10.1. The summed E-state index contributed by atoms with van der Waals surface area (Å²) in [6.45, 7) is 0. The van der Waals surface area contributed by atoms with Gasteiger partial charge in [0.25, 0.3) is 0 Å². The van der Waals surface area contributed by atoms with Gasteiger partial charge in [-0.1, -0.05) is 35.8 Å². The molecule has 0 amide bonds. The predicted molar refractivity (Wildman–Crippen MR) is 153 cm³/mol. The van der Waals surface area contributed by atoms with E-state index in [0.717, 1.165) is 33.3 Å². The van der Waals surface area contributed by atoms with Crippen LogP contribution < -0.4 is 4.74 Å². The number of hydrogen-bond acceptors (Lipinski definition) is 4. The average Bonchev–Trinajstić information content (AvgIpc) is 3.69. The fraction of sp³-hybridized carbons (Fsp3) is 0. The van der Waals surface area contributed by atoms with Crippen molar-refractivity contribution in [3.8, 4) is 23.0 Å². The van der Waals surface area contributed by atoms with Crippen molar-refractivity contribution in [1.29, 1.82) is 0 Å².